The van der Waals surface area contributed by atoms with Crippen LogP contribution in [-0.4, -0.2) is 41.3 Å². The normalized spacial score (nSPS) is 17.8. The zero-order valence-electron chi connectivity index (χ0n) is 14.2. The van der Waals surface area contributed by atoms with Crippen molar-refractivity contribution in [2.75, 3.05) is 19.6 Å². The monoisotopic (exact) mass is 317 g/mol. The van der Waals surface area contributed by atoms with E-state index in [9.17, 15) is 9.59 Å². The highest BCUT2D eigenvalue weighted by Crippen LogP contribution is 2.18. The summed E-state index contributed by atoms with van der Waals surface area (Å²) < 4.78 is 0. The van der Waals surface area contributed by atoms with Crippen molar-refractivity contribution in [1.29, 1.82) is 0 Å². The van der Waals surface area contributed by atoms with Gasteiger partial charge in [0.15, 0.2) is 0 Å². The van der Waals surface area contributed by atoms with Gasteiger partial charge in [0.2, 0.25) is 0 Å². The molecule has 1 saturated heterocycles. The molecule has 1 aliphatic rings. The summed E-state index contributed by atoms with van der Waals surface area (Å²) in [6.45, 7) is 6.53. The lowest BCUT2D eigenvalue weighted by Crippen LogP contribution is -2.39. The van der Waals surface area contributed by atoms with Crippen LogP contribution in [0.1, 0.15) is 66.8 Å². The summed E-state index contributed by atoms with van der Waals surface area (Å²) in [5.74, 6) is 0.331. The van der Waals surface area contributed by atoms with E-state index in [1.54, 1.807) is 18.3 Å². The van der Waals surface area contributed by atoms with Crippen LogP contribution in [0, 0.1) is 5.92 Å². The second kappa shape index (κ2) is 8.65. The molecule has 2 heterocycles. The molecule has 1 N–H and O–H groups in total. The Kier molecular flexibility index (Phi) is 6.56. The SMILES string of the molecule is CCCCCNC(=O)c1cc(C(=O)N2CCCC(C)C2)ccn1. The topological polar surface area (TPSA) is 62.3 Å². The zero-order valence-corrected chi connectivity index (χ0v) is 14.2. The number of amides is 2. The van der Waals surface area contributed by atoms with Crippen LogP contribution in [0.3, 0.4) is 0 Å². The van der Waals surface area contributed by atoms with Gasteiger partial charge in [-0.15, -0.1) is 0 Å². The van der Waals surface area contributed by atoms with E-state index in [0.29, 0.717) is 23.7 Å². The largest absolute Gasteiger partial charge is 0.351 e. The number of unbranched alkanes of at least 4 members (excludes halogenated alkanes) is 2. The van der Waals surface area contributed by atoms with Gasteiger partial charge in [-0.25, -0.2) is 0 Å². The van der Waals surface area contributed by atoms with E-state index in [1.165, 1.54) is 6.42 Å². The second-order valence-corrected chi connectivity index (χ2v) is 6.39. The van der Waals surface area contributed by atoms with Crippen molar-refractivity contribution in [2.45, 2.75) is 46.0 Å². The molecule has 0 radical (unpaired) electrons. The maximum absolute atomic E-state index is 12.6. The molecule has 0 aliphatic carbocycles. The molecule has 5 nitrogen and oxygen atoms in total. The van der Waals surface area contributed by atoms with Gasteiger partial charge in [0.25, 0.3) is 11.8 Å². The van der Waals surface area contributed by atoms with E-state index in [4.69, 9.17) is 0 Å². The first-order valence-electron chi connectivity index (χ1n) is 8.65. The molecular weight excluding hydrogens is 290 g/mol. The zero-order chi connectivity index (χ0) is 16.7. The Bertz CT molecular complexity index is 545. The van der Waals surface area contributed by atoms with Gasteiger partial charge in [-0.05, 0) is 37.3 Å². The Morgan fingerprint density at radius 3 is 2.96 bits per heavy atom. The fraction of sp³-hybridized carbons (Fsp3) is 0.611. The fourth-order valence-electron chi connectivity index (χ4n) is 2.91. The van der Waals surface area contributed by atoms with Gasteiger partial charge < -0.3 is 10.2 Å². The molecule has 0 bridgehead atoms. The van der Waals surface area contributed by atoms with Gasteiger partial charge in [-0.2, -0.15) is 0 Å². The lowest BCUT2D eigenvalue weighted by molar-refractivity contribution is 0.0683. The molecule has 23 heavy (non-hydrogen) atoms. The number of aromatic nitrogens is 1. The molecule has 1 aromatic rings. The Balaban J connectivity index is 1.98. The van der Waals surface area contributed by atoms with Gasteiger partial charge in [0, 0.05) is 31.4 Å². The molecule has 126 valence electrons. The third-order valence-electron chi connectivity index (χ3n) is 4.25. The van der Waals surface area contributed by atoms with Gasteiger partial charge in [0.1, 0.15) is 5.69 Å². The van der Waals surface area contributed by atoms with Crippen LogP contribution in [0.15, 0.2) is 18.3 Å². The summed E-state index contributed by atoms with van der Waals surface area (Å²) in [6, 6.07) is 3.30. The number of carbonyl (C=O) groups is 2. The number of pyridine rings is 1. The number of nitrogens with one attached hydrogen (secondary N) is 1. The minimum absolute atomic E-state index is 0.000942. The predicted molar refractivity (Wildman–Crippen MR) is 90.4 cm³/mol. The first-order valence-corrected chi connectivity index (χ1v) is 8.65. The van der Waals surface area contributed by atoms with Crippen molar-refractivity contribution < 1.29 is 9.59 Å². The summed E-state index contributed by atoms with van der Waals surface area (Å²) in [7, 11) is 0. The molecule has 1 aromatic heterocycles. The third kappa shape index (κ3) is 5.05. The lowest BCUT2D eigenvalue weighted by Gasteiger charge is -2.31. The number of carbonyl (C=O) groups excluding carboxylic acids is 2. The molecule has 5 heteroatoms. The molecule has 1 aliphatic heterocycles. The minimum Gasteiger partial charge on any atom is -0.351 e. The van der Waals surface area contributed by atoms with Crippen molar-refractivity contribution in [1.82, 2.24) is 15.2 Å². The number of rotatable bonds is 6. The first-order chi connectivity index (χ1) is 11.1. The maximum atomic E-state index is 12.6. The van der Waals surface area contributed by atoms with Crippen LogP contribution in [0.25, 0.3) is 0 Å². The molecule has 0 spiro atoms. The number of piperidine rings is 1. The summed E-state index contributed by atoms with van der Waals surface area (Å²) in [6.07, 6.45) is 6.94. The summed E-state index contributed by atoms with van der Waals surface area (Å²) in [5.41, 5.74) is 0.866. The molecule has 1 unspecified atom stereocenters. The van der Waals surface area contributed by atoms with Crippen LogP contribution in [0.5, 0.6) is 0 Å². The Labute approximate surface area is 138 Å². The number of likely N-dealkylation sites (tertiary alicyclic amines) is 1. The van der Waals surface area contributed by atoms with Crippen molar-refractivity contribution in [3.8, 4) is 0 Å². The van der Waals surface area contributed by atoms with E-state index in [1.807, 2.05) is 4.90 Å². The van der Waals surface area contributed by atoms with E-state index in [2.05, 4.69) is 24.1 Å². The highest BCUT2D eigenvalue weighted by atomic mass is 16.2. The van der Waals surface area contributed by atoms with Crippen LogP contribution in [0.4, 0.5) is 0 Å². The molecule has 1 atom stereocenters. The predicted octanol–water partition coefficient (Wildman–Crippen LogP) is 2.87. The Hall–Kier alpha value is -1.91. The highest BCUT2D eigenvalue weighted by molar-refractivity contribution is 5.98. The third-order valence-corrected chi connectivity index (χ3v) is 4.25. The van der Waals surface area contributed by atoms with E-state index in [-0.39, 0.29) is 11.8 Å². The molecule has 2 rings (SSSR count). The van der Waals surface area contributed by atoms with E-state index >= 15 is 0 Å². The molecule has 2 amide bonds. The summed E-state index contributed by atoms with van der Waals surface area (Å²) >= 11 is 0. The first kappa shape index (κ1) is 17.4. The quantitative estimate of drug-likeness (QED) is 0.821. The van der Waals surface area contributed by atoms with Crippen LogP contribution < -0.4 is 5.32 Å². The van der Waals surface area contributed by atoms with Gasteiger partial charge >= 0.3 is 0 Å². The molecular formula is C18H27N3O2. The van der Waals surface area contributed by atoms with E-state index in [0.717, 1.165) is 38.8 Å². The molecule has 1 fully saturated rings. The Morgan fingerprint density at radius 2 is 2.22 bits per heavy atom. The highest BCUT2D eigenvalue weighted by Gasteiger charge is 2.22. The Morgan fingerprint density at radius 1 is 1.39 bits per heavy atom. The second-order valence-electron chi connectivity index (χ2n) is 6.39. The van der Waals surface area contributed by atoms with Crippen LogP contribution in [-0.2, 0) is 0 Å². The molecule has 0 saturated carbocycles. The maximum Gasteiger partial charge on any atom is 0.269 e. The minimum atomic E-state index is -0.206. The van der Waals surface area contributed by atoms with Crippen molar-refractivity contribution in [3.05, 3.63) is 29.6 Å². The number of hydrogen-bond acceptors (Lipinski definition) is 3. The van der Waals surface area contributed by atoms with Gasteiger partial charge in [0.05, 0.1) is 0 Å². The van der Waals surface area contributed by atoms with Crippen molar-refractivity contribution in [2.24, 2.45) is 5.92 Å². The van der Waals surface area contributed by atoms with E-state index < -0.39 is 0 Å². The average Bonchev–Trinajstić information content (AvgIpc) is 2.58. The molecule has 0 aromatic carbocycles. The van der Waals surface area contributed by atoms with Gasteiger partial charge in [-0.1, -0.05) is 26.7 Å². The number of nitrogens with zero attached hydrogens (tertiary/aromatic N) is 2. The average molecular weight is 317 g/mol. The lowest BCUT2D eigenvalue weighted by atomic mass is 9.99. The van der Waals surface area contributed by atoms with Gasteiger partial charge in [-0.3, -0.25) is 14.6 Å². The van der Waals surface area contributed by atoms with Crippen LogP contribution >= 0.6 is 0 Å². The standard InChI is InChI=1S/C18H27N3O2/c1-3-4-5-9-20-17(22)16-12-15(8-10-19-16)18(23)21-11-6-7-14(2)13-21/h8,10,12,14H,3-7,9,11,13H2,1-2H3,(H,20,22). The van der Waals surface area contributed by atoms with Crippen LogP contribution in [0.2, 0.25) is 0 Å². The summed E-state index contributed by atoms with van der Waals surface area (Å²) in [5, 5.41) is 2.86. The summed E-state index contributed by atoms with van der Waals surface area (Å²) in [4.78, 5) is 30.7. The number of hydrogen-bond donors (Lipinski definition) is 1. The van der Waals surface area contributed by atoms with Crippen molar-refractivity contribution in [3.63, 3.8) is 0 Å². The van der Waals surface area contributed by atoms with Crippen molar-refractivity contribution >= 4 is 11.8 Å². The fourth-order valence-corrected chi connectivity index (χ4v) is 2.91. The smallest absolute Gasteiger partial charge is 0.269 e.